The molecule has 0 unspecified atom stereocenters. The number of nitrogens with zero attached hydrogens (tertiary/aromatic N) is 2. The van der Waals surface area contributed by atoms with Gasteiger partial charge in [-0.05, 0) is 13.0 Å². The minimum atomic E-state index is -0.232. The van der Waals surface area contributed by atoms with E-state index in [1.54, 1.807) is 12.3 Å². The maximum atomic E-state index is 11.9. The topological polar surface area (TPSA) is 92.9 Å². The first-order chi connectivity index (χ1) is 8.70. The van der Waals surface area contributed by atoms with Gasteiger partial charge in [0.15, 0.2) is 0 Å². The summed E-state index contributed by atoms with van der Waals surface area (Å²) in [7, 11) is 0. The van der Waals surface area contributed by atoms with E-state index in [4.69, 9.17) is 5.84 Å². The molecule has 2 heterocycles. The van der Waals surface area contributed by atoms with Crippen LogP contribution in [0.15, 0.2) is 23.8 Å². The van der Waals surface area contributed by atoms with Crippen molar-refractivity contribution in [1.82, 2.24) is 15.3 Å². The molecule has 18 heavy (non-hydrogen) atoms. The molecule has 1 amide bonds. The van der Waals surface area contributed by atoms with Crippen LogP contribution >= 0.6 is 11.3 Å². The smallest absolute Gasteiger partial charge is 0.255 e. The molecule has 0 aromatic carbocycles. The molecule has 0 saturated carbocycles. The molecule has 2 rings (SSSR count). The number of nitrogens with two attached hydrogens (primary N) is 1. The molecular weight excluding hydrogens is 250 g/mol. The van der Waals surface area contributed by atoms with Crippen LogP contribution in [0.3, 0.4) is 0 Å². The molecule has 94 valence electrons. The maximum absolute atomic E-state index is 11.9. The Hall–Kier alpha value is -1.99. The van der Waals surface area contributed by atoms with Crippen molar-refractivity contribution in [2.45, 2.75) is 13.5 Å². The maximum Gasteiger partial charge on any atom is 0.255 e. The molecule has 2 aromatic heterocycles. The summed E-state index contributed by atoms with van der Waals surface area (Å²) in [5, 5.41) is 5.59. The Balaban J connectivity index is 2.03. The molecule has 0 radical (unpaired) electrons. The summed E-state index contributed by atoms with van der Waals surface area (Å²) < 4.78 is 0. The highest BCUT2D eigenvalue weighted by Crippen LogP contribution is 2.12. The minimum absolute atomic E-state index is 0.232. The molecule has 0 aliphatic rings. The summed E-state index contributed by atoms with van der Waals surface area (Å²) in [6, 6.07) is 1.64. The van der Waals surface area contributed by atoms with Gasteiger partial charge in [0.05, 0.1) is 17.8 Å². The van der Waals surface area contributed by atoms with Gasteiger partial charge in [-0.2, -0.15) is 0 Å². The van der Waals surface area contributed by atoms with Crippen molar-refractivity contribution < 1.29 is 4.79 Å². The predicted octanol–water partition coefficient (Wildman–Crippen LogP) is 1.06. The SMILES string of the molecule is Cc1csc(CNC(=O)c2cnccc2NN)n1. The second kappa shape index (κ2) is 5.56. The van der Waals surface area contributed by atoms with Gasteiger partial charge in [0.1, 0.15) is 5.01 Å². The number of nitrogen functional groups attached to an aromatic ring is 1. The Kier molecular flexibility index (Phi) is 3.85. The fourth-order valence-corrected chi connectivity index (χ4v) is 2.15. The van der Waals surface area contributed by atoms with Crippen molar-refractivity contribution in [2.24, 2.45) is 5.84 Å². The Labute approximate surface area is 108 Å². The van der Waals surface area contributed by atoms with E-state index in [2.05, 4.69) is 20.7 Å². The van der Waals surface area contributed by atoms with Crippen LogP contribution in [-0.4, -0.2) is 15.9 Å². The summed E-state index contributed by atoms with van der Waals surface area (Å²) >= 11 is 1.51. The van der Waals surface area contributed by atoms with E-state index >= 15 is 0 Å². The van der Waals surface area contributed by atoms with Crippen LogP contribution in [0.1, 0.15) is 21.1 Å². The van der Waals surface area contributed by atoms with E-state index in [-0.39, 0.29) is 5.91 Å². The second-order valence-corrected chi connectivity index (χ2v) is 4.57. The largest absolute Gasteiger partial charge is 0.345 e. The highest BCUT2D eigenvalue weighted by Gasteiger charge is 2.11. The Morgan fingerprint density at radius 2 is 2.39 bits per heavy atom. The van der Waals surface area contributed by atoms with Crippen molar-refractivity contribution in [1.29, 1.82) is 0 Å². The summed E-state index contributed by atoms with van der Waals surface area (Å²) in [5.41, 5.74) is 4.37. The normalized spacial score (nSPS) is 10.1. The Morgan fingerprint density at radius 1 is 1.56 bits per heavy atom. The first-order valence-corrected chi connectivity index (χ1v) is 6.18. The van der Waals surface area contributed by atoms with Crippen LogP contribution in [0.25, 0.3) is 0 Å². The third kappa shape index (κ3) is 2.82. The van der Waals surface area contributed by atoms with Crippen LogP contribution in [-0.2, 0) is 6.54 Å². The number of hydrogen-bond donors (Lipinski definition) is 3. The molecule has 0 bridgehead atoms. The zero-order valence-electron chi connectivity index (χ0n) is 9.80. The van der Waals surface area contributed by atoms with Gasteiger partial charge in [-0.3, -0.25) is 15.6 Å². The molecule has 0 aliphatic carbocycles. The third-order valence-electron chi connectivity index (χ3n) is 2.29. The standard InChI is InChI=1S/C11H13N5OS/c1-7-6-18-10(15-7)5-14-11(17)8-4-13-3-2-9(8)16-12/h2-4,6H,5,12H2,1H3,(H,13,16)(H,14,17). The number of anilines is 1. The van der Waals surface area contributed by atoms with Crippen LogP contribution in [0, 0.1) is 6.92 Å². The second-order valence-electron chi connectivity index (χ2n) is 3.63. The lowest BCUT2D eigenvalue weighted by Crippen LogP contribution is -2.25. The van der Waals surface area contributed by atoms with Gasteiger partial charge in [-0.15, -0.1) is 11.3 Å². The molecule has 7 heteroatoms. The molecular formula is C11H13N5OS. The van der Waals surface area contributed by atoms with Crippen molar-refractivity contribution in [2.75, 3.05) is 5.43 Å². The number of aryl methyl sites for hydroxylation is 1. The molecule has 0 spiro atoms. The summed E-state index contributed by atoms with van der Waals surface area (Å²) in [5.74, 6) is 5.10. The average molecular weight is 263 g/mol. The molecule has 0 atom stereocenters. The highest BCUT2D eigenvalue weighted by atomic mass is 32.1. The van der Waals surface area contributed by atoms with Crippen LogP contribution in [0.4, 0.5) is 5.69 Å². The van der Waals surface area contributed by atoms with Crippen LogP contribution in [0.2, 0.25) is 0 Å². The fourth-order valence-electron chi connectivity index (χ4n) is 1.44. The number of rotatable bonds is 4. The molecule has 0 saturated heterocycles. The molecule has 6 nitrogen and oxygen atoms in total. The average Bonchev–Trinajstić information content (AvgIpc) is 2.81. The van der Waals surface area contributed by atoms with Gasteiger partial charge in [-0.25, -0.2) is 4.98 Å². The lowest BCUT2D eigenvalue weighted by atomic mass is 10.2. The summed E-state index contributed by atoms with van der Waals surface area (Å²) in [6.07, 6.45) is 3.04. The van der Waals surface area contributed by atoms with E-state index in [0.717, 1.165) is 10.7 Å². The van der Waals surface area contributed by atoms with Crippen molar-refractivity contribution in [3.8, 4) is 0 Å². The molecule has 0 fully saturated rings. The number of carbonyl (C=O) groups excluding carboxylic acids is 1. The van der Waals surface area contributed by atoms with Gasteiger partial charge >= 0.3 is 0 Å². The van der Waals surface area contributed by atoms with Gasteiger partial charge in [0, 0.05) is 23.5 Å². The third-order valence-corrected chi connectivity index (χ3v) is 3.25. The number of hydrogen-bond acceptors (Lipinski definition) is 6. The van der Waals surface area contributed by atoms with E-state index in [1.807, 2.05) is 12.3 Å². The lowest BCUT2D eigenvalue weighted by molar-refractivity contribution is 0.0951. The zero-order valence-corrected chi connectivity index (χ0v) is 10.6. The number of carbonyl (C=O) groups is 1. The Bertz CT molecular complexity index is 554. The lowest BCUT2D eigenvalue weighted by Gasteiger charge is -2.07. The highest BCUT2D eigenvalue weighted by molar-refractivity contribution is 7.09. The van der Waals surface area contributed by atoms with Crippen molar-refractivity contribution in [3.63, 3.8) is 0 Å². The zero-order chi connectivity index (χ0) is 13.0. The first-order valence-electron chi connectivity index (χ1n) is 5.30. The van der Waals surface area contributed by atoms with Crippen molar-refractivity contribution >= 4 is 22.9 Å². The van der Waals surface area contributed by atoms with Gasteiger partial charge in [0.25, 0.3) is 5.91 Å². The number of pyridine rings is 1. The monoisotopic (exact) mass is 263 g/mol. The molecule has 2 aromatic rings. The summed E-state index contributed by atoms with van der Waals surface area (Å²) in [4.78, 5) is 20.1. The summed E-state index contributed by atoms with van der Waals surface area (Å²) in [6.45, 7) is 2.32. The van der Waals surface area contributed by atoms with Crippen LogP contribution < -0.4 is 16.6 Å². The molecule has 0 aliphatic heterocycles. The first kappa shape index (κ1) is 12.5. The Morgan fingerprint density at radius 3 is 3.06 bits per heavy atom. The van der Waals surface area contributed by atoms with E-state index in [1.165, 1.54) is 17.5 Å². The van der Waals surface area contributed by atoms with Gasteiger partial charge in [0.2, 0.25) is 0 Å². The number of hydrazine groups is 1. The van der Waals surface area contributed by atoms with Crippen LogP contribution in [0.5, 0.6) is 0 Å². The predicted molar refractivity (Wildman–Crippen MR) is 70.1 cm³/mol. The van der Waals surface area contributed by atoms with E-state index < -0.39 is 0 Å². The number of nitrogens with one attached hydrogen (secondary N) is 2. The molecule has 4 N–H and O–H groups in total. The number of thiazole rings is 1. The number of aromatic nitrogens is 2. The van der Waals surface area contributed by atoms with E-state index in [9.17, 15) is 4.79 Å². The van der Waals surface area contributed by atoms with E-state index in [0.29, 0.717) is 17.8 Å². The minimum Gasteiger partial charge on any atom is -0.345 e. The quantitative estimate of drug-likeness (QED) is 0.566. The fraction of sp³-hybridized carbons (Fsp3) is 0.182. The van der Waals surface area contributed by atoms with Gasteiger partial charge in [-0.1, -0.05) is 0 Å². The van der Waals surface area contributed by atoms with Crippen molar-refractivity contribution in [3.05, 3.63) is 40.1 Å². The van der Waals surface area contributed by atoms with Gasteiger partial charge < -0.3 is 10.7 Å². The number of amides is 1.